The van der Waals surface area contributed by atoms with Crippen molar-refractivity contribution in [2.24, 2.45) is 0 Å². The molecule has 3 nitrogen and oxygen atoms in total. The molecular formula is C22H5BF12O3. The van der Waals surface area contributed by atoms with Crippen LogP contribution in [-0.2, 0) is 0 Å². The van der Waals surface area contributed by atoms with Gasteiger partial charge in [-0.25, -0.2) is 39.5 Å². The molecule has 0 atom stereocenters. The lowest BCUT2D eigenvalue weighted by Crippen LogP contribution is -2.38. The van der Waals surface area contributed by atoms with Crippen LogP contribution in [-0.4, -0.2) is 7.32 Å². The Balaban J connectivity index is 1.87. The summed E-state index contributed by atoms with van der Waals surface area (Å²) in [5.74, 6) is -30.2. The van der Waals surface area contributed by atoms with E-state index in [0.29, 0.717) is 12.1 Å². The molecule has 0 aliphatic rings. The standard InChI is InChI=1S/C22H5BF12O3/c24-6-3-9(26)14(28)12(4-6)37-23(38-22-20(34)18(32)17(31)19(33)21(22)35)36-11-2-1-8(25)13-7(11)5-10(27)15(29)16(13)30/h1-5H. The molecule has 0 aromatic heterocycles. The fourth-order valence-corrected chi connectivity index (χ4v) is 3.13. The monoisotopic (exact) mass is 556 g/mol. The number of halogens is 12. The van der Waals surface area contributed by atoms with Crippen molar-refractivity contribution >= 4 is 18.1 Å². The van der Waals surface area contributed by atoms with Gasteiger partial charge in [0.1, 0.15) is 23.1 Å². The molecule has 198 valence electrons. The minimum absolute atomic E-state index is 0.0383. The molecule has 4 aromatic rings. The van der Waals surface area contributed by atoms with E-state index in [1.807, 2.05) is 0 Å². The van der Waals surface area contributed by atoms with Gasteiger partial charge in [-0.1, -0.05) is 0 Å². The van der Waals surface area contributed by atoms with Crippen LogP contribution in [0.3, 0.4) is 0 Å². The van der Waals surface area contributed by atoms with Crippen LogP contribution in [0.5, 0.6) is 17.2 Å². The Kier molecular flexibility index (Phi) is 6.99. The van der Waals surface area contributed by atoms with Crippen molar-refractivity contribution in [3.63, 3.8) is 0 Å². The Morgan fingerprint density at radius 3 is 1.63 bits per heavy atom. The molecule has 0 aliphatic heterocycles. The number of hydrogen-bond acceptors (Lipinski definition) is 3. The third-order valence-corrected chi connectivity index (χ3v) is 4.84. The first kappa shape index (κ1) is 26.8. The van der Waals surface area contributed by atoms with Crippen LogP contribution < -0.4 is 14.0 Å². The van der Waals surface area contributed by atoms with Crippen molar-refractivity contribution in [2.75, 3.05) is 0 Å². The molecule has 0 heterocycles. The summed E-state index contributed by atoms with van der Waals surface area (Å²) in [5.41, 5.74) is 0. The summed E-state index contributed by atoms with van der Waals surface area (Å²) in [4.78, 5) is 0. The molecule has 4 aromatic carbocycles. The maximum Gasteiger partial charge on any atom is 0.864 e. The molecular weight excluding hydrogens is 551 g/mol. The van der Waals surface area contributed by atoms with E-state index in [0.717, 1.165) is 0 Å². The third-order valence-electron chi connectivity index (χ3n) is 4.84. The van der Waals surface area contributed by atoms with E-state index in [1.165, 1.54) is 0 Å². The molecule has 0 N–H and O–H groups in total. The molecule has 4 rings (SSSR count). The van der Waals surface area contributed by atoms with E-state index in [-0.39, 0.29) is 18.2 Å². The van der Waals surface area contributed by atoms with Gasteiger partial charge in [0.15, 0.2) is 34.8 Å². The zero-order valence-corrected chi connectivity index (χ0v) is 17.7. The lowest BCUT2D eigenvalue weighted by molar-refractivity contribution is 0.272. The normalized spacial score (nSPS) is 11.2. The third kappa shape index (κ3) is 4.61. The van der Waals surface area contributed by atoms with E-state index >= 15 is 0 Å². The molecule has 0 amide bonds. The van der Waals surface area contributed by atoms with Crippen LogP contribution in [0, 0.1) is 69.8 Å². The van der Waals surface area contributed by atoms with Gasteiger partial charge < -0.3 is 14.0 Å². The summed E-state index contributed by atoms with van der Waals surface area (Å²) in [6.07, 6.45) is 0. The maximum atomic E-state index is 14.2. The van der Waals surface area contributed by atoms with E-state index in [4.69, 9.17) is 4.65 Å². The maximum absolute atomic E-state index is 14.2. The fourth-order valence-electron chi connectivity index (χ4n) is 3.13. The quantitative estimate of drug-likeness (QED) is 0.111. The zero-order chi connectivity index (χ0) is 28.0. The van der Waals surface area contributed by atoms with Crippen LogP contribution in [0.2, 0.25) is 0 Å². The molecule has 38 heavy (non-hydrogen) atoms. The highest BCUT2D eigenvalue weighted by Crippen LogP contribution is 2.35. The van der Waals surface area contributed by atoms with E-state index in [1.54, 1.807) is 0 Å². The summed E-state index contributed by atoms with van der Waals surface area (Å²) in [5, 5.41) is -2.17. The zero-order valence-electron chi connectivity index (χ0n) is 17.7. The van der Waals surface area contributed by atoms with Gasteiger partial charge in [-0.15, -0.1) is 0 Å². The molecule has 0 saturated heterocycles. The topological polar surface area (TPSA) is 27.7 Å². The van der Waals surface area contributed by atoms with Crippen molar-refractivity contribution in [1.82, 2.24) is 0 Å². The SMILES string of the molecule is Fc1cc(F)c(F)c(OB(Oc2c(F)c(F)c(F)c(F)c2F)Oc2ccc(F)c3c(F)c(F)c(F)cc23)c1. The van der Waals surface area contributed by atoms with Crippen molar-refractivity contribution < 1.29 is 66.6 Å². The summed E-state index contributed by atoms with van der Waals surface area (Å²) in [7, 11) is -2.94. The molecule has 0 fully saturated rings. The first-order valence-corrected chi connectivity index (χ1v) is 9.73. The van der Waals surface area contributed by atoms with Crippen molar-refractivity contribution in [2.45, 2.75) is 0 Å². The Morgan fingerprint density at radius 1 is 0.447 bits per heavy atom. The average Bonchev–Trinajstić information content (AvgIpc) is 2.87. The van der Waals surface area contributed by atoms with E-state index in [2.05, 4.69) is 9.31 Å². The average molecular weight is 556 g/mol. The lowest BCUT2D eigenvalue weighted by Gasteiger charge is -2.19. The van der Waals surface area contributed by atoms with Crippen LogP contribution in [0.15, 0.2) is 30.3 Å². The van der Waals surface area contributed by atoms with Crippen molar-refractivity contribution in [1.29, 1.82) is 0 Å². The van der Waals surface area contributed by atoms with Gasteiger partial charge in [0.2, 0.25) is 29.1 Å². The number of benzene rings is 4. The van der Waals surface area contributed by atoms with Gasteiger partial charge in [-0.05, 0) is 18.2 Å². The highest BCUT2D eigenvalue weighted by Gasteiger charge is 2.38. The number of hydrogen-bond donors (Lipinski definition) is 0. The largest absolute Gasteiger partial charge is 0.864 e. The van der Waals surface area contributed by atoms with Gasteiger partial charge in [-0.3, -0.25) is 0 Å². The number of rotatable bonds is 6. The Labute approximate surface area is 202 Å². The minimum atomic E-state index is -2.94. The predicted octanol–water partition coefficient (Wildman–Crippen LogP) is 7.03. The summed E-state index contributed by atoms with van der Waals surface area (Å²) >= 11 is 0. The predicted molar refractivity (Wildman–Crippen MR) is 104 cm³/mol. The molecule has 16 heteroatoms. The fraction of sp³-hybridized carbons (Fsp3) is 0. The summed E-state index contributed by atoms with van der Waals surface area (Å²) < 4.78 is 180. The summed E-state index contributed by atoms with van der Waals surface area (Å²) in [6, 6.07) is 1.35. The second-order valence-corrected chi connectivity index (χ2v) is 7.20. The van der Waals surface area contributed by atoms with Crippen LogP contribution in [0.25, 0.3) is 10.8 Å². The van der Waals surface area contributed by atoms with Gasteiger partial charge in [0.25, 0.3) is 0 Å². The molecule has 0 aliphatic carbocycles. The first-order chi connectivity index (χ1) is 17.8. The smallest absolute Gasteiger partial charge is 0.489 e. The van der Waals surface area contributed by atoms with Gasteiger partial charge in [-0.2, -0.15) is 13.2 Å². The lowest BCUT2D eigenvalue weighted by atomic mass is 10.1. The van der Waals surface area contributed by atoms with Gasteiger partial charge >= 0.3 is 7.32 Å². The Hall–Kier alpha value is -4.24. The van der Waals surface area contributed by atoms with Crippen LogP contribution in [0.4, 0.5) is 52.7 Å². The number of fused-ring (bicyclic) bond motifs is 1. The highest BCUT2D eigenvalue weighted by atomic mass is 19.2. The molecule has 0 saturated carbocycles. The van der Waals surface area contributed by atoms with E-state index in [9.17, 15) is 52.7 Å². The first-order valence-electron chi connectivity index (χ1n) is 9.73. The molecule has 0 radical (unpaired) electrons. The molecule has 0 bridgehead atoms. The second-order valence-electron chi connectivity index (χ2n) is 7.20. The molecule has 0 unspecified atom stereocenters. The minimum Gasteiger partial charge on any atom is -0.489 e. The summed E-state index contributed by atoms with van der Waals surface area (Å²) in [6.45, 7) is 0. The van der Waals surface area contributed by atoms with Crippen LogP contribution >= 0.6 is 0 Å². The van der Waals surface area contributed by atoms with Gasteiger partial charge in [0, 0.05) is 17.5 Å². The van der Waals surface area contributed by atoms with E-state index < -0.39 is 105 Å². The second kappa shape index (κ2) is 9.91. The Bertz CT molecular complexity index is 1570. The Morgan fingerprint density at radius 2 is 1.00 bits per heavy atom. The van der Waals surface area contributed by atoms with Crippen molar-refractivity contribution in [3.8, 4) is 17.2 Å². The molecule has 0 spiro atoms. The highest BCUT2D eigenvalue weighted by molar-refractivity contribution is 6.40. The van der Waals surface area contributed by atoms with Crippen molar-refractivity contribution in [3.05, 3.63) is 100 Å². The van der Waals surface area contributed by atoms with Gasteiger partial charge in [0.05, 0.1) is 5.39 Å². The van der Waals surface area contributed by atoms with Crippen LogP contribution in [0.1, 0.15) is 0 Å².